The fourth-order valence-electron chi connectivity index (χ4n) is 4.10. The molecule has 140 valence electrons. The third-order valence-electron chi connectivity index (χ3n) is 5.53. The molecule has 0 saturated carbocycles. The van der Waals surface area contributed by atoms with E-state index in [-0.39, 0.29) is 5.91 Å². The summed E-state index contributed by atoms with van der Waals surface area (Å²) in [7, 11) is 0. The van der Waals surface area contributed by atoms with E-state index in [0.29, 0.717) is 6.04 Å². The summed E-state index contributed by atoms with van der Waals surface area (Å²) in [6.45, 7) is 10.2. The number of piperazine rings is 1. The quantitative estimate of drug-likeness (QED) is 0.777. The second-order valence-electron chi connectivity index (χ2n) is 7.15. The Balaban J connectivity index is 1.57. The molecule has 2 heterocycles. The first-order chi connectivity index (χ1) is 12.7. The van der Waals surface area contributed by atoms with Crippen LogP contribution in [0.3, 0.4) is 0 Å². The lowest BCUT2D eigenvalue weighted by molar-refractivity contribution is 0.0471. The summed E-state index contributed by atoms with van der Waals surface area (Å²) in [4.78, 5) is 19.9. The number of rotatable bonds is 4. The molecule has 0 aromatic heterocycles. The minimum absolute atomic E-state index is 0.179. The number of nitrogens with zero attached hydrogens (tertiary/aromatic N) is 3. The average molecular weight is 354 g/mol. The van der Waals surface area contributed by atoms with Gasteiger partial charge in [-0.3, -0.25) is 9.69 Å². The predicted octanol–water partition coefficient (Wildman–Crippen LogP) is 3.39. The van der Waals surface area contributed by atoms with Gasteiger partial charge in [-0.15, -0.1) is 0 Å². The Morgan fingerprint density at radius 3 is 2.38 bits per heavy atom. The molecule has 0 radical (unpaired) electrons. The van der Waals surface area contributed by atoms with Crippen LogP contribution < -0.4 is 0 Å². The van der Waals surface area contributed by atoms with Gasteiger partial charge in [0.15, 0.2) is 0 Å². The van der Waals surface area contributed by atoms with Crippen molar-refractivity contribution in [1.29, 1.82) is 0 Å². The highest BCUT2D eigenvalue weighted by atomic mass is 16.2. The van der Waals surface area contributed by atoms with Gasteiger partial charge in [0.25, 0.3) is 5.91 Å². The molecule has 26 heavy (non-hydrogen) atoms. The van der Waals surface area contributed by atoms with Gasteiger partial charge < -0.3 is 9.80 Å². The fraction of sp³-hybridized carbons (Fsp3) is 0.500. The molecule has 4 heteroatoms. The van der Waals surface area contributed by atoms with Crippen molar-refractivity contribution in [3.05, 3.63) is 59.8 Å². The Bertz CT molecular complexity index is 645. The normalized spacial score (nSPS) is 22.8. The van der Waals surface area contributed by atoms with Crippen LogP contribution in [0.4, 0.5) is 0 Å². The monoisotopic (exact) mass is 353 g/mol. The summed E-state index contributed by atoms with van der Waals surface area (Å²) in [5.74, 6) is 0.179. The number of piperidine rings is 1. The molecular formula is C22H31N3O. The SMILES string of the molecule is C/C=C\C(=C/C)N1CCN(C2CCCN(C(=O)c3ccccc3)C2)CC1. The van der Waals surface area contributed by atoms with E-state index < -0.39 is 0 Å². The molecule has 2 fully saturated rings. The lowest BCUT2D eigenvalue weighted by atomic mass is 10.0. The standard InChI is InChI=1S/C22H31N3O/c1-3-9-20(4-2)23-14-16-24(17-15-23)21-12-8-13-25(18-21)22(26)19-10-6-5-7-11-19/h3-7,9-11,21H,8,12-18H2,1-2H3/b9-3-,20-4+. The molecule has 0 bridgehead atoms. The average Bonchev–Trinajstić information content (AvgIpc) is 2.72. The van der Waals surface area contributed by atoms with Crippen molar-refractivity contribution in [2.45, 2.75) is 32.7 Å². The van der Waals surface area contributed by atoms with Crippen LogP contribution in [0.25, 0.3) is 0 Å². The van der Waals surface area contributed by atoms with Crippen molar-refractivity contribution in [1.82, 2.24) is 14.7 Å². The van der Waals surface area contributed by atoms with Crippen LogP contribution >= 0.6 is 0 Å². The van der Waals surface area contributed by atoms with Gasteiger partial charge in [0.2, 0.25) is 0 Å². The predicted molar refractivity (Wildman–Crippen MR) is 107 cm³/mol. The molecule has 1 atom stereocenters. The number of hydrogen-bond acceptors (Lipinski definition) is 3. The summed E-state index contributed by atoms with van der Waals surface area (Å²) in [5.41, 5.74) is 2.12. The molecule has 2 aliphatic rings. The van der Waals surface area contributed by atoms with Crippen molar-refractivity contribution in [2.24, 2.45) is 0 Å². The maximum absolute atomic E-state index is 12.8. The number of hydrogen-bond donors (Lipinski definition) is 0. The zero-order chi connectivity index (χ0) is 18.4. The van der Waals surface area contributed by atoms with Gasteiger partial charge in [-0.25, -0.2) is 0 Å². The Labute approximate surface area is 157 Å². The van der Waals surface area contributed by atoms with E-state index >= 15 is 0 Å². The van der Waals surface area contributed by atoms with Crippen LogP contribution in [0.15, 0.2) is 54.3 Å². The molecule has 3 rings (SSSR count). The van der Waals surface area contributed by atoms with Crippen LogP contribution in [-0.2, 0) is 0 Å². The molecule has 1 amide bonds. The second-order valence-corrected chi connectivity index (χ2v) is 7.15. The molecule has 2 saturated heterocycles. The van der Waals surface area contributed by atoms with Gasteiger partial charge in [0.1, 0.15) is 0 Å². The van der Waals surface area contributed by atoms with Crippen LogP contribution in [0.2, 0.25) is 0 Å². The highest BCUT2D eigenvalue weighted by Gasteiger charge is 2.30. The minimum Gasteiger partial charge on any atom is -0.369 e. The largest absolute Gasteiger partial charge is 0.369 e. The van der Waals surface area contributed by atoms with E-state index in [4.69, 9.17) is 0 Å². The molecule has 1 aromatic rings. The molecule has 0 N–H and O–H groups in total. The van der Waals surface area contributed by atoms with Gasteiger partial charge >= 0.3 is 0 Å². The van der Waals surface area contributed by atoms with E-state index in [1.807, 2.05) is 35.2 Å². The Kier molecular flexibility index (Phi) is 6.51. The van der Waals surface area contributed by atoms with Crippen LogP contribution in [0, 0.1) is 0 Å². The molecule has 0 spiro atoms. The summed E-state index contributed by atoms with van der Waals surface area (Å²) < 4.78 is 0. The van der Waals surface area contributed by atoms with E-state index in [2.05, 4.69) is 41.9 Å². The van der Waals surface area contributed by atoms with Gasteiger partial charge in [-0.2, -0.15) is 0 Å². The molecule has 0 aliphatic carbocycles. The Morgan fingerprint density at radius 1 is 1.00 bits per heavy atom. The fourth-order valence-corrected chi connectivity index (χ4v) is 4.10. The number of likely N-dealkylation sites (tertiary alicyclic amines) is 1. The molecular weight excluding hydrogens is 322 g/mol. The van der Waals surface area contributed by atoms with Gasteiger partial charge in [-0.1, -0.05) is 30.4 Å². The van der Waals surface area contributed by atoms with Crippen molar-refractivity contribution >= 4 is 5.91 Å². The molecule has 1 unspecified atom stereocenters. The van der Waals surface area contributed by atoms with Crippen molar-refractivity contribution in [2.75, 3.05) is 39.3 Å². The summed E-state index contributed by atoms with van der Waals surface area (Å²) in [6.07, 6.45) is 8.79. The first-order valence-electron chi connectivity index (χ1n) is 9.85. The van der Waals surface area contributed by atoms with Gasteiger partial charge in [-0.05, 0) is 44.9 Å². The second kappa shape index (κ2) is 9.04. The summed E-state index contributed by atoms with van der Waals surface area (Å²) >= 11 is 0. The maximum atomic E-state index is 12.8. The minimum atomic E-state index is 0.179. The van der Waals surface area contributed by atoms with Crippen molar-refractivity contribution in [3.8, 4) is 0 Å². The van der Waals surface area contributed by atoms with Crippen LogP contribution in [0.5, 0.6) is 0 Å². The highest BCUT2D eigenvalue weighted by Crippen LogP contribution is 2.21. The van der Waals surface area contributed by atoms with Gasteiger partial charge in [0.05, 0.1) is 0 Å². The third kappa shape index (κ3) is 4.36. The smallest absolute Gasteiger partial charge is 0.253 e. The molecule has 2 aliphatic heterocycles. The third-order valence-corrected chi connectivity index (χ3v) is 5.53. The van der Waals surface area contributed by atoms with E-state index in [1.165, 1.54) is 12.1 Å². The van der Waals surface area contributed by atoms with Crippen molar-refractivity contribution < 1.29 is 4.79 Å². The van der Waals surface area contributed by atoms with E-state index in [0.717, 1.165) is 51.3 Å². The van der Waals surface area contributed by atoms with E-state index in [9.17, 15) is 4.79 Å². The Morgan fingerprint density at radius 2 is 1.73 bits per heavy atom. The number of benzene rings is 1. The van der Waals surface area contributed by atoms with E-state index in [1.54, 1.807) is 0 Å². The molecule has 4 nitrogen and oxygen atoms in total. The maximum Gasteiger partial charge on any atom is 0.253 e. The topological polar surface area (TPSA) is 26.8 Å². The number of carbonyl (C=O) groups excluding carboxylic acids is 1. The zero-order valence-corrected chi connectivity index (χ0v) is 16.1. The summed E-state index contributed by atoms with van der Waals surface area (Å²) in [6, 6.07) is 10.2. The summed E-state index contributed by atoms with van der Waals surface area (Å²) in [5, 5.41) is 0. The Hall–Kier alpha value is -2.07. The number of carbonyl (C=O) groups is 1. The number of allylic oxidation sites excluding steroid dienone is 3. The number of amides is 1. The lowest BCUT2D eigenvalue weighted by Crippen LogP contribution is -2.55. The van der Waals surface area contributed by atoms with Crippen LogP contribution in [-0.4, -0.2) is 65.9 Å². The van der Waals surface area contributed by atoms with Crippen molar-refractivity contribution in [3.63, 3.8) is 0 Å². The molecule has 1 aromatic carbocycles. The van der Waals surface area contributed by atoms with Crippen LogP contribution in [0.1, 0.15) is 37.0 Å². The zero-order valence-electron chi connectivity index (χ0n) is 16.1. The first kappa shape index (κ1) is 18.7. The lowest BCUT2D eigenvalue weighted by Gasteiger charge is -2.44. The highest BCUT2D eigenvalue weighted by molar-refractivity contribution is 5.94. The first-order valence-corrected chi connectivity index (χ1v) is 9.85. The van der Waals surface area contributed by atoms with Gasteiger partial charge in [0, 0.05) is 56.6 Å².